The average molecular weight is 919 g/mol. The Balaban J connectivity index is 0.844. The zero-order valence-electron chi connectivity index (χ0n) is 39.5. The number of nitrogens with one attached hydrogen (secondary N) is 2. The summed E-state index contributed by atoms with van der Waals surface area (Å²) in [4.78, 5) is 77.1. The summed E-state index contributed by atoms with van der Waals surface area (Å²) in [7, 11) is 0. The number of halogens is 1. The van der Waals surface area contributed by atoms with Gasteiger partial charge in [-0.2, -0.15) is 5.10 Å². The lowest BCUT2D eigenvalue weighted by Gasteiger charge is -2.43. The van der Waals surface area contributed by atoms with Crippen molar-refractivity contribution in [3.63, 3.8) is 0 Å². The summed E-state index contributed by atoms with van der Waals surface area (Å²) in [6.07, 6.45) is 5.87. The molecule has 14 nitrogen and oxygen atoms in total. The van der Waals surface area contributed by atoms with Crippen molar-refractivity contribution in [2.75, 3.05) is 65.4 Å². The fraction of sp³-hybridized carbons (Fsp3) is 0.538. The second kappa shape index (κ2) is 20.8. The van der Waals surface area contributed by atoms with E-state index in [0.717, 1.165) is 62.6 Å². The number of hydrogen-bond donors (Lipinski definition) is 3. The number of aliphatic hydroxyl groups excluding tert-OH is 1. The second-order valence-corrected chi connectivity index (χ2v) is 20.3. The molecule has 4 fully saturated rings. The highest BCUT2D eigenvalue weighted by Gasteiger charge is 2.38. The molecular formula is C52H67FN8O6. The lowest BCUT2D eigenvalue weighted by molar-refractivity contribution is -0.141. The smallest absolute Gasteiger partial charge is 0.272 e. The Kier molecular flexibility index (Phi) is 14.9. The van der Waals surface area contributed by atoms with Crippen LogP contribution in [0, 0.1) is 17.2 Å². The van der Waals surface area contributed by atoms with Crippen LogP contribution in [0.2, 0.25) is 0 Å². The third-order valence-corrected chi connectivity index (χ3v) is 14.6. The lowest BCUT2D eigenvalue weighted by Crippen LogP contribution is -2.61. The molecule has 4 aliphatic rings. The number of hydrogen-bond acceptors (Lipinski definition) is 9. The van der Waals surface area contributed by atoms with Gasteiger partial charge in [-0.15, -0.1) is 0 Å². The number of nitrogens with zero attached hydrogens (tertiary/aromatic N) is 6. The highest BCUT2D eigenvalue weighted by atomic mass is 19.1. The van der Waals surface area contributed by atoms with Gasteiger partial charge in [0.1, 0.15) is 18.1 Å². The minimum absolute atomic E-state index is 0.0362. The van der Waals surface area contributed by atoms with E-state index in [2.05, 4.69) is 20.4 Å². The zero-order chi connectivity index (χ0) is 47.4. The van der Waals surface area contributed by atoms with Crippen LogP contribution in [-0.4, -0.2) is 141 Å². The molecule has 3 saturated heterocycles. The van der Waals surface area contributed by atoms with E-state index in [1.54, 1.807) is 40.1 Å². The van der Waals surface area contributed by atoms with Crippen LogP contribution in [0.5, 0.6) is 0 Å². The Morgan fingerprint density at radius 1 is 0.821 bits per heavy atom. The molecule has 4 heterocycles. The van der Waals surface area contributed by atoms with E-state index < -0.39 is 23.5 Å². The molecule has 0 bridgehead atoms. The first-order valence-corrected chi connectivity index (χ1v) is 24.3. The van der Waals surface area contributed by atoms with Crippen molar-refractivity contribution in [1.29, 1.82) is 0 Å². The van der Waals surface area contributed by atoms with Crippen LogP contribution in [0.15, 0.2) is 71.5 Å². The first kappa shape index (κ1) is 48.0. The summed E-state index contributed by atoms with van der Waals surface area (Å²) in [6.45, 7) is 12.3. The van der Waals surface area contributed by atoms with E-state index in [9.17, 15) is 29.1 Å². The molecule has 3 aromatic carbocycles. The topological polar surface area (TPSA) is 162 Å². The van der Waals surface area contributed by atoms with Crippen LogP contribution in [-0.2, 0) is 20.8 Å². The highest BCUT2D eigenvalue weighted by Crippen LogP contribution is 2.32. The van der Waals surface area contributed by atoms with Crippen molar-refractivity contribution >= 4 is 34.4 Å². The molecule has 3 N–H and O–H groups in total. The molecule has 0 radical (unpaired) electrons. The first-order chi connectivity index (χ1) is 32.1. The highest BCUT2D eigenvalue weighted by molar-refractivity contribution is 5.98. The maximum absolute atomic E-state index is 15.2. The van der Waals surface area contributed by atoms with Gasteiger partial charge in [0, 0.05) is 99.2 Å². The number of amides is 4. The molecule has 15 heteroatoms. The minimum Gasteiger partial charge on any atom is -0.374 e. The number of H-pyrrole nitrogens is 1. The molecule has 4 atom stereocenters. The number of fused-ring (bicyclic) bond motifs is 1. The maximum Gasteiger partial charge on any atom is 0.272 e. The molecule has 1 unspecified atom stereocenters. The lowest BCUT2D eigenvalue weighted by atomic mass is 9.83. The number of likely N-dealkylation sites (tertiary alicyclic amines) is 1. The summed E-state index contributed by atoms with van der Waals surface area (Å²) in [6, 6.07) is 18.8. The molecule has 4 aromatic rings. The van der Waals surface area contributed by atoms with Crippen LogP contribution in [0.1, 0.15) is 118 Å². The van der Waals surface area contributed by atoms with E-state index in [1.807, 2.05) is 67.8 Å². The summed E-state index contributed by atoms with van der Waals surface area (Å²) in [5.74, 6) is -0.591. The van der Waals surface area contributed by atoms with Gasteiger partial charge in [0.2, 0.25) is 17.7 Å². The maximum atomic E-state index is 15.2. The quantitative estimate of drug-likeness (QED) is 0.178. The number of aromatic nitrogens is 2. The fourth-order valence-corrected chi connectivity index (χ4v) is 10.6. The summed E-state index contributed by atoms with van der Waals surface area (Å²) in [5.41, 5.74) is 2.33. The van der Waals surface area contributed by atoms with Gasteiger partial charge in [0.05, 0.1) is 17.6 Å². The van der Waals surface area contributed by atoms with Gasteiger partial charge in [-0.3, -0.25) is 33.8 Å². The SMILES string of the molecule is C[C@@H]1CN(C(=O)[C@H](NC(=O)c2cccc([C@@H]3CCCN(C(=O)C(C)(C)C)C3)c2)C2CCCCC2)CCN1CC(=O)N1CCN(C(O)c2cc(Cc3n[nH]c(=O)c4ccccc34)ccc2F)CC1. The third kappa shape index (κ3) is 11.1. The Bertz CT molecular complexity index is 2490. The number of benzene rings is 3. The van der Waals surface area contributed by atoms with Gasteiger partial charge in [0.25, 0.3) is 11.5 Å². The van der Waals surface area contributed by atoms with Gasteiger partial charge in [-0.05, 0) is 80.0 Å². The number of aromatic amines is 1. The molecular weight excluding hydrogens is 852 g/mol. The van der Waals surface area contributed by atoms with E-state index in [0.29, 0.717) is 80.8 Å². The summed E-state index contributed by atoms with van der Waals surface area (Å²) in [5, 5.41) is 22.6. The van der Waals surface area contributed by atoms with Crippen molar-refractivity contribution in [2.45, 2.75) is 103 Å². The first-order valence-electron chi connectivity index (χ1n) is 24.3. The molecule has 0 spiro atoms. The van der Waals surface area contributed by atoms with Gasteiger partial charge in [0.15, 0.2) is 0 Å². The van der Waals surface area contributed by atoms with Crippen molar-refractivity contribution in [2.24, 2.45) is 11.3 Å². The third-order valence-electron chi connectivity index (χ3n) is 14.6. The molecule has 1 aliphatic carbocycles. The van der Waals surface area contributed by atoms with Crippen molar-refractivity contribution < 1.29 is 28.7 Å². The molecule has 1 aromatic heterocycles. The van der Waals surface area contributed by atoms with E-state index in [1.165, 1.54) is 6.07 Å². The van der Waals surface area contributed by atoms with Crippen LogP contribution in [0.4, 0.5) is 4.39 Å². The molecule has 4 amide bonds. The van der Waals surface area contributed by atoms with Crippen molar-refractivity contribution in [1.82, 2.24) is 40.0 Å². The molecule has 3 aliphatic heterocycles. The van der Waals surface area contributed by atoms with Crippen LogP contribution >= 0.6 is 0 Å². The monoisotopic (exact) mass is 919 g/mol. The number of piperidine rings is 1. The van der Waals surface area contributed by atoms with E-state index in [-0.39, 0.29) is 59.2 Å². The second-order valence-electron chi connectivity index (χ2n) is 20.3. The van der Waals surface area contributed by atoms with Crippen molar-refractivity contribution in [3.8, 4) is 0 Å². The van der Waals surface area contributed by atoms with Gasteiger partial charge in [-0.1, -0.05) is 76.4 Å². The standard InChI is InChI=1S/C52H67FN8O6/c1-34-31-60(50(66)46(36-12-6-5-7-13-36)54-47(63)38-15-10-14-37(30-38)39-16-11-21-61(32-39)51(67)52(2,3)4)27-26-59(34)33-45(62)57-22-24-58(25-23-57)49(65)42-28-35(19-20-43(42)53)29-44-40-17-8-9-18-41(40)48(64)56-55-44/h8-10,14-15,17-20,28,30,34,36,39,46,49,65H,5-7,11-13,16,21-27,29,31-33H2,1-4H3,(H,54,63)(H,56,64)/t34-,39-,46-,49?/m1/s1. The summed E-state index contributed by atoms with van der Waals surface area (Å²) >= 11 is 0. The Morgan fingerprint density at radius 2 is 1.55 bits per heavy atom. The number of piperazine rings is 2. The van der Waals surface area contributed by atoms with E-state index in [4.69, 9.17) is 0 Å². The fourth-order valence-electron chi connectivity index (χ4n) is 10.6. The largest absolute Gasteiger partial charge is 0.374 e. The predicted octanol–water partition coefficient (Wildman–Crippen LogP) is 5.45. The number of carbonyl (C=O) groups excluding carboxylic acids is 4. The van der Waals surface area contributed by atoms with E-state index >= 15 is 4.39 Å². The Labute approximate surface area is 392 Å². The Morgan fingerprint density at radius 3 is 2.28 bits per heavy atom. The molecule has 8 rings (SSSR count). The van der Waals surface area contributed by atoms with Crippen molar-refractivity contribution in [3.05, 3.63) is 111 Å². The average Bonchev–Trinajstić information content (AvgIpc) is 3.34. The molecule has 358 valence electrons. The van der Waals surface area contributed by atoms with Crippen LogP contribution in [0.3, 0.4) is 0 Å². The number of rotatable bonds is 11. The van der Waals surface area contributed by atoms with Gasteiger partial charge < -0.3 is 25.1 Å². The molecule has 1 saturated carbocycles. The van der Waals surface area contributed by atoms with Gasteiger partial charge >= 0.3 is 0 Å². The number of carbonyl (C=O) groups is 4. The van der Waals surface area contributed by atoms with Gasteiger partial charge in [-0.25, -0.2) is 9.49 Å². The normalized spacial score (nSPS) is 21.3. The predicted molar refractivity (Wildman–Crippen MR) is 255 cm³/mol. The summed E-state index contributed by atoms with van der Waals surface area (Å²) < 4.78 is 15.2. The van der Waals surface area contributed by atoms with Crippen LogP contribution < -0.4 is 10.9 Å². The minimum atomic E-state index is -1.21. The zero-order valence-corrected chi connectivity index (χ0v) is 39.5. The number of aliphatic hydroxyl groups is 1. The Hall–Kier alpha value is -5.51. The molecule has 67 heavy (non-hydrogen) atoms. The van der Waals surface area contributed by atoms with Crippen LogP contribution in [0.25, 0.3) is 10.8 Å².